The van der Waals surface area contributed by atoms with Gasteiger partial charge in [0.2, 0.25) is 0 Å². The lowest BCUT2D eigenvalue weighted by atomic mass is 9.79. The summed E-state index contributed by atoms with van der Waals surface area (Å²) in [5, 5.41) is 12.7. The Kier molecular flexibility index (Phi) is 5.84. The number of halogens is 2. The van der Waals surface area contributed by atoms with Gasteiger partial charge in [0.25, 0.3) is 5.91 Å². The van der Waals surface area contributed by atoms with Gasteiger partial charge in [-0.25, -0.2) is 0 Å². The number of nitrogens with one attached hydrogen (secondary N) is 1. The average molecular weight is 392 g/mol. The van der Waals surface area contributed by atoms with Crippen LogP contribution in [-0.2, 0) is 4.79 Å². The zero-order valence-electron chi connectivity index (χ0n) is 14.0. The predicted octanol–water partition coefficient (Wildman–Crippen LogP) is 5.60. The summed E-state index contributed by atoms with van der Waals surface area (Å²) in [5.41, 5.74) is 2.32. The quantitative estimate of drug-likeness (QED) is 0.711. The highest BCUT2D eigenvalue weighted by Gasteiger charge is 2.26. The molecule has 0 atom stereocenters. The Hall–Kier alpha value is -2.04. The lowest BCUT2D eigenvalue weighted by Gasteiger charge is -2.26. The fraction of sp³-hybridized carbons (Fsp3) is 0.300. The van der Waals surface area contributed by atoms with Crippen LogP contribution in [0, 0.1) is 5.92 Å². The molecule has 26 heavy (non-hydrogen) atoms. The number of hydrogen-bond acceptors (Lipinski definition) is 2. The number of aliphatic carboxylic acids is 1. The van der Waals surface area contributed by atoms with Crippen molar-refractivity contribution < 1.29 is 14.7 Å². The van der Waals surface area contributed by atoms with Gasteiger partial charge in [-0.2, -0.15) is 0 Å². The zero-order chi connectivity index (χ0) is 18.7. The van der Waals surface area contributed by atoms with Crippen molar-refractivity contribution in [3.05, 3.63) is 63.6 Å². The Morgan fingerprint density at radius 3 is 2.15 bits per heavy atom. The second-order valence-corrected chi connectivity index (χ2v) is 7.41. The highest BCUT2D eigenvalue weighted by Crippen LogP contribution is 2.36. The summed E-state index contributed by atoms with van der Waals surface area (Å²) in [7, 11) is 0. The first-order valence-corrected chi connectivity index (χ1v) is 9.29. The van der Waals surface area contributed by atoms with Crippen molar-refractivity contribution in [2.45, 2.75) is 31.6 Å². The van der Waals surface area contributed by atoms with Crippen LogP contribution in [0.1, 0.15) is 47.5 Å². The van der Waals surface area contributed by atoms with E-state index in [1.54, 1.807) is 12.1 Å². The lowest BCUT2D eigenvalue weighted by molar-refractivity contribution is -0.142. The summed E-state index contributed by atoms with van der Waals surface area (Å²) < 4.78 is 0. The topological polar surface area (TPSA) is 66.4 Å². The van der Waals surface area contributed by atoms with Crippen molar-refractivity contribution in [1.82, 2.24) is 0 Å². The highest BCUT2D eigenvalue weighted by atomic mass is 35.5. The smallest absolute Gasteiger partial charge is 0.306 e. The molecule has 6 heteroatoms. The maximum Gasteiger partial charge on any atom is 0.306 e. The summed E-state index contributed by atoms with van der Waals surface area (Å²) in [6.07, 6.45) is 3.20. The molecule has 136 valence electrons. The number of hydrogen-bond donors (Lipinski definition) is 2. The Morgan fingerprint density at radius 2 is 1.58 bits per heavy atom. The van der Waals surface area contributed by atoms with Crippen LogP contribution in [-0.4, -0.2) is 17.0 Å². The minimum absolute atomic E-state index is 0.212. The van der Waals surface area contributed by atoms with Gasteiger partial charge in [-0.15, -0.1) is 0 Å². The van der Waals surface area contributed by atoms with Crippen LogP contribution in [0.5, 0.6) is 0 Å². The van der Waals surface area contributed by atoms with Crippen molar-refractivity contribution in [2.75, 3.05) is 5.32 Å². The second kappa shape index (κ2) is 8.11. The van der Waals surface area contributed by atoms with E-state index in [0.29, 0.717) is 27.2 Å². The number of amides is 1. The Labute approximate surface area is 162 Å². The summed E-state index contributed by atoms with van der Waals surface area (Å²) in [4.78, 5) is 23.3. The SMILES string of the molecule is O=C(Nc1ccc(C2CCC(C(=O)O)CC2)cc1)c1ccc(Cl)c(Cl)c1. The van der Waals surface area contributed by atoms with E-state index < -0.39 is 5.97 Å². The monoisotopic (exact) mass is 391 g/mol. The van der Waals surface area contributed by atoms with E-state index in [1.807, 2.05) is 24.3 Å². The van der Waals surface area contributed by atoms with Gasteiger partial charge in [-0.05, 0) is 67.5 Å². The third-order valence-electron chi connectivity index (χ3n) is 4.90. The van der Waals surface area contributed by atoms with E-state index in [-0.39, 0.29) is 11.8 Å². The van der Waals surface area contributed by atoms with Crippen LogP contribution in [0.25, 0.3) is 0 Å². The van der Waals surface area contributed by atoms with Crippen LogP contribution in [0.2, 0.25) is 10.0 Å². The Balaban J connectivity index is 1.62. The number of carboxylic acids is 1. The van der Waals surface area contributed by atoms with Crippen molar-refractivity contribution in [3.63, 3.8) is 0 Å². The minimum Gasteiger partial charge on any atom is -0.481 e. The summed E-state index contributed by atoms with van der Waals surface area (Å²) in [6.45, 7) is 0. The van der Waals surface area contributed by atoms with Crippen LogP contribution in [0.4, 0.5) is 5.69 Å². The number of carboxylic acid groups (broad SMARTS) is 1. The van der Waals surface area contributed by atoms with E-state index in [2.05, 4.69) is 5.32 Å². The van der Waals surface area contributed by atoms with Gasteiger partial charge in [0.15, 0.2) is 0 Å². The molecule has 0 unspecified atom stereocenters. The fourth-order valence-corrected chi connectivity index (χ4v) is 3.65. The maximum absolute atomic E-state index is 12.3. The molecule has 0 aromatic heterocycles. The van der Waals surface area contributed by atoms with E-state index >= 15 is 0 Å². The number of benzene rings is 2. The molecule has 4 nitrogen and oxygen atoms in total. The van der Waals surface area contributed by atoms with Gasteiger partial charge in [0.05, 0.1) is 16.0 Å². The summed E-state index contributed by atoms with van der Waals surface area (Å²) in [5.74, 6) is -0.775. The number of carbonyl (C=O) groups is 2. The first kappa shape index (κ1) is 18.7. The van der Waals surface area contributed by atoms with Crippen molar-refractivity contribution >= 4 is 40.8 Å². The van der Waals surface area contributed by atoms with Gasteiger partial charge < -0.3 is 10.4 Å². The standard InChI is InChI=1S/C20H19Cl2NO3/c21-17-10-7-15(11-18(17)22)19(24)23-16-8-5-13(6-9-16)12-1-3-14(4-2-12)20(25)26/h5-12,14H,1-4H2,(H,23,24)(H,25,26). The second-order valence-electron chi connectivity index (χ2n) is 6.59. The largest absolute Gasteiger partial charge is 0.481 e. The molecule has 0 radical (unpaired) electrons. The molecule has 0 aliphatic heterocycles. The highest BCUT2D eigenvalue weighted by molar-refractivity contribution is 6.42. The minimum atomic E-state index is -0.691. The first-order valence-electron chi connectivity index (χ1n) is 8.53. The molecule has 0 heterocycles. The van der Waals surface area contributed by atoms with Crippen molar-refractivity contribution in [3.8, 4) is 0 Å². The molecule has 2 N–H and O–H groups in total. The molecule has 1 saturated carbocycles. The molecule has 0 bridgehead atoms. The third kappa shape index (κ3) is 4.37. The van der Waals surface area contributed by atoms with Crippen LogP contribution in [0.3, 0.4) is 0 Å². The summed E-state index contributed by atoms with van der Waals surface area (Å²) >= 11 is 11.8. The Morgan fingerprint density at radius 1 is 0.923 bits per heavy atom. The van der Waals surface area contributed by atoms with Crippen molar-refractivity contribution in [1.29, 1.82) is 0 Å². The zero-order valence-corrected chi connectivity index (χ0v) is 15.6. The molecule has 0 spiro atoms. The van der Waals surface area contributed by atoms with Crippen LogP contribution >= 0.6 is 23.2 Å². The molecular weight excluding hydrogens is 373 g/mol. The van der Waals surface area contributed by atoms with Gasteiger partial charge in [-0.1, -0.05) is 35.3 Å². The van der Waals surface area contributed by atoms with Crippen LogP contribution in [0.15, 0.2) is 42.5 Å². The summed E-state index contributed by atoms with van der Waals surface area (Å²) in [6, 6.07) is 12.5. The third-order valence-corrected chi connectivity index (χ3v) is 5.64. The van der Waals surface area contributed by atoms with Crippen LogP contribution < -0.4 is 5.32 Å². The molecular formula is C20H19Cl2NO3. The number of rotatable bonds is 4. The molecule has 1 fully saturated rings. The van der Waals surface area contributed by atoms with E-state index in [1.165, 1.54) is 11.6 Å². The first-order chi connectivity index (χ1) is 12.4. The van der Waals surface area contributed by atoms with Gasteiger partial charge in [0, 0.05) is 11.3 Å². The van der Waals surface area contributed by atoms with E-state index in [4.69, 9.17) is 28.3 Å². The number of carbonyl (C=O) groups excluding carboxylic acids is 1. The van der Waals surface area contributed by atoms with E-state index in [9.17, 15) is 9.59 Å². The van der Waals surface area contributed by atoms with Gasteiger partial charge >= 0.3 is 5.97 Å². The molecule has 1 amide bonds. The normalized spacial score (nSPS) is 19.8. The van der Waals surface area contributed by atoms with Crippen molar-refractivity contribution in [2.24, 2.45) is 5.92 Å². The average Bonchev–Trinajstić information content (AvgIpc) is 2.64. The number of anilines is 1. The molecule has 2 aromatic carbocycles. The molecule has 2 aromatic rings. The lowest BCUT2D eigenvalue weighted by Crippen LogP contribution is -2.20. The maximum atomic E-state index is 12.3. The molecule has 0 saturated heterocycles. The molecule has 1 aliphatic rings. The Bertz CT molecular complexity index is 812. The molecule has 1 aliphatic carbocycles. The fourth-order valence-electron chi connectivity index (χ4n) is 3.35. The predicted molar refractivity (Wildman–Crippen MR) is 103 cm³/mol. The van der Waals surface area contributed by atoms with E-state index in [0.717, 1.165) is 25.7 Å². The molecule has 3 rings (SSSR count). The van der Waals surface area contributed by atoms with Gasteiger partial charge in [0.1, 0.15) is 0 Å². The van der Waals surface area contributed by atoms with Gasteiger partial charge in [-0.3, -0.25) is 9.59 Å².